The molecule has 18 heavy (non-hydrogen) atoms. The quantitative estimate of drug-likeness (QED) is 0.617. The molecule has 0 aliphatic rings. The number of hydrogen-bond donors (Lipinski definition) is 0. The fourth-order valence-electron chi connectivity index (χ4n) is 1.45. The fraction of sp³-hybridized carbons (Fsp3) is 0.0714. The van der Waals surface area contributed by atoms with Crippen LogP contribution in [0.15, 0.2) is 53.5 Å². The number of rotatable bonds is 4. The summed E-state index contributed by atoms with van der Waals surface area (Å²) in [7, 11) is 0. The molecular formula is C14H10ClNO2. The molecule has 0 spiro atoms. The van der Waals surface area contributed by atoms with Crippen molar-refractivity contribution in [3.8, 4) is 5.75 Å². The molecule has 0 heterocycles. The van der Waals surface area contributed by atoms with E-state index in [1.165, 1.54) is 6.08 Å². The zero-order valence-corrected chi connectivity index (χ0v) is 10.2. The largest absolute Gasteiger partial charge is 0.489 e. The third-order valence-corrected chi connectivity index (χ3v) is 2.73. The summed E-state index contributed by atoms with van der Waals surface area (Å²) in [5.74, 6) is 0.694. The summed E-state index contributed by atoms with van der Waals surface area (Å²) in [6, 6.07) is 14.4. The summed E-state index contributed by atoms with van der Waals surface area (Å²) in [6.45, 7) is 0.399. The summed E-state index contributed by atoms with van der Waals surface area (Å²) in [4.78, 5) is 13.6. The average Bonchev–Trinajstić information content (AvgIpc) is 2.40. The highest BCUT2D eigenvalue weighted by molar-refractivity contribution is 6.31. The third kappa shape index (κ3) is 3.20. The molecule has 3 nitrogen and oxygen atoms in total. The monoisotopic (exact) mass is 259 g/mol. The SMILES string of the molecule is O=C=Nc1ccc(OCc2ccccc2Cl)cc1. The minimum Gasteiger partial charge on any atom is -0.489 e. The maximum atomic E-state index is 10.1. The standard InChI is InChI=1S/C14H10ClNO2/c15-14-4-2-1-3-11(14)9-18-13-7-5-12(6-8-13)16-10-17/h1-8H,9H2. The molecule has 0 aliphatic carbocycles. The Labute approximate surface area is 110 Å². The van der Waals surface area contributed by atoms with Gasteiger partial charge >= 0.3 is 0 Å². The van der Waals surface area contributed by atoms with Crippen molar-refractivity contribution in [3.63, 3.8) is 0 Å². The molecule has 2 aromatic carbocycles. The highest BCUT2D eigenvalue weighted by Crippen LogP contribution is 2.20. The predicted molar refractivity (Wildman–Crippen MR) is 70.0 cm³/mol. The fourth-order valence-corrected chi connectivity index (χ4v) is 1.64. The van der Waals surface area contributed by atoms with Gasteiger partial charge in [-0.25, -0.2) is 4.79 Å². The molecule has 0 atom stereocenters. The zero-order valence-electron chi connectivity index (χ0n) is 9.47. The lowest BCUT2D eigenvalue weighted by molar-refractivity contribution is 0.306. The van der Waals surface area contributed by atoms with Crippen LogP contribution >= 0.6 is 11.6 Å². The Kier molecular flexibility index (Phi) is 4.13. The van der Waals surface area contributed by atoms with Crippen LogP contribution in [0.5, 0.6) is 5.75 Å². The van der Waals surface area contributed by atoms with Gasteiger partial charge in [0.15, 0.2) is 0 Å². The Morgan fingerprint density at radius 1 is 1.11 bits per heavy atom. The van der Waals surface area contributed by atoms with Gasteiger partial charge in [0, 0.05) is 10.6 Å². The highest BCUT2D eigenvalue weighted by Gasteiger charge is 2.00. The van der Waals surface area contributed by atoms with Crippen molar-refractivity contribution in [1.29, 1.82) is 0 Å². The van der Waals surface area contributed by atoms with Crippen molar-refractivity contribution in [2.75, 3.05) is 0 Å². The van der Waals surface area contributed by atoms with Crippen LogP contribution in [0.4, 0.5) is 5.69 Å². The van der Waals surface area contributed by atoms with E-state index in [-0.39, 0.29) is 0 Å². The molecule has 0 fully saturated rings. The summed E-state index contributed by atoms with van der Waals surface area (Å²) < 4.78 is 5.58. The summed E-state index contributed by atoms with van der Waals surface area (Å²) >= 11 is 6.02. The van der Waals surface area contributed by atoms with E-state index in [9.17, 15) is 4.79 Å². The Morgan fingerprint density at radius 2 is 1.83 bits per heavy atom. The molecule has 0 radical (unpaired) electrons. The second kappa shape index (κ2) is 6.01. The second-order valence-electron chi connectivity index (χ2n) is 3.58. The number of halogens is 1. The summed E-state index contributed by atoms with van der Waals surface area (Å²) in [6.07, 6.45) is 1.49. The van der Waals surface area contributed by atoms with Crippen molar-refractivity contribution >= 4 is 23.4 Å². The topological polar surface area (TPSA) is 38.7 Å². The smallest absolute Gasteiger partial charge is 0.240 e. The first-order chi connectivity index (χ1) is 8.79. The molecule has 0 unspecified atom stereocenters. The number of isocyanates is 1. The van der Waals surface area contributed by atoms with Gasteiger partial charge in [-0.3, -0.25) is 0 Å². The molecule has 0 amide bonds. The van der Waals surface area contributed by atoms with Crippen LogP contribution in [0.25, 0.3) is 0 Å². The maximum Gasteiger partial charge on any atom is 0.240 e. The lowest BCUT2D eigenvalue weighted by Gasteiger charge is -2.07. The number of ether oxygens (including phenoxy) is 1. The first kappa shape index (κ1) is 12.4. The Hall–Kier alpha value is -2.09. The Morgan fingerprint density at radius 3 is 2.50 bits per heavy atom. The first-order valence-electron chi connectivity index (χ1n) is 5.34. The van der Waals surface area contributed by atoms with E-state index in [2.05, 4.69) is 4.99 Å². The van der Waals surface area contributed by atoms with Gasteiger partial charge in [0.25, 0.3) is 0 Å². The molecule has 4 heteroatoms. The number of nitrogens with zero attached hydrogens (tertiary/aromatic N) is 1. The van der Waals surface area contributed by atoms with Crippen LogP contribution in [0.1, 0.15) is 5.56 Å². The molecule has 2 rings (SSSR count). The minimum atomic E-state index is 0.399. The van der Waals surface area contributed by atoms with Crippen LogP contribution in [0.3, 0.4) is 0 Å². The van der Waals surface area contributed by atoms with Crippen LogP contribution in [-0.2, 0) is 11.4 Å². The molecule has 0 saturated heterocycles. The van der Waals surface area contributed by atoms with Crippen molar-refractivity contribution in [1.82, 2.24) is 0 Å². The first-order valence-corrected chi connectivity index (χ1v) is 5.71. The van der Waals surface area contributed by atoms with Crippen LogP contribution in [0.2, 0.25) is 5.02 Å². The van der Waals surface area contributed by atoms with Crippen LogP contribution in [-0.4, -0.2) is 6.08 Å². The number of hydrogen-bond acceptors (Lipinski definition) is 3. The molecule has 0 bridgehead atoms. The van der Waals surface area contributed by atoms with Gasteiger partial charge in [-0.1, -0.05) is 29.8 Å². The van der Waals surface area contributed by atoms with Crippen molar-refractivity contribution in [2.24, 2.45) is 4.99 Å². The molecule has 2 aromatic rings. The average molecular weight is 260 g/mol. The number of benzene rings is 2. The predicted octanol–water partition coefficient (Wildman–Crippen LogP) is 3.89. The van der Waals surface area contributed by atoms with Gasteiger partial charge in [-0.05, 0) is 30.3 Å². The molecular weight excluding hydrogens is 250 g/mol. The van der Waals surface area contributed by atoms with E-state index in [0.29, 0.717) is 23.1 Å². The van der Waals surface area contributed by atoms with Crippen molar-refractivity contribution < 1.29 is 9.53 Å². The summed E-state index contributed by atoms with van der Waals surface area (Å²) in [5.41, 5.74) is 1.48. The van der Waals surface area contributed by atoms with Gasteiger partial charge in [-0.2, -0.15) is 4.99 Å². The third-order valence-electron chi connectivity index (χ3n) is 2.36. The molecule has 0 aliphatic heterocycles. The maximum absolute atomic E-state index is 10.1. The number of aliphatic imine (C=N–C) groups is 1. The van der Waals surface area contributed by atoms with Gasteiger partial charge in [-0.15, -0.1) is 0 Å². The van der Waals surface area contributed by atoms with Crippen LogP contribution < -0.4 is 4.74 Å². The van der Waals surface area contributed by atoms with E-state index in [1.807, 2.05) is 24.3 Å². The highest BCUT2D eigenvalue weighted by atomic mass is 35.5. The Balaban J connectivity index is 2.02. The molecule has 90 valence electrons. The lowest BCUT2D eigenvalue weighted by atomic mass is 10.2. The molecule has 0 saturated carbocycles. The van der Waals surface area contributed by atoms with Gasteiger partial charge in [0.05, 0.1) is 5.69 Å². The van der Waals surface area contributed by atoms with Crippen LogP contribution in [0, 0.1) is 0 Å². The van der Waals surface area contributed by atoms with E-state index >= 15 is 0 Å². The van der Waals surface area contributed by atoms with E-state index in [1.54, 1.807) is 24.3 Å². The number of carbonyl (C=O) groups excluding carboxylic acids is 1. The summed E-state index contributed by atoms with van der Waals surface area (Å²) in [5, 5.41) is 0.680. The van der Waals surface area contributed by atoms with Gasteiger partial charge in [0.1, 0.15) is 12.4 Å². The van der Waals surface area contributed by atoms with Crippen molar-refractivity contribution in [3.05, 3.63) is 59.1 Å². The van der Waals surface area contributed by atoms with E-state index < -0.39 is 0 Å². The minimum absolute atomic E-state index is 0.399. The zero-order chi connectivity index (χ0) is 12.8. The molecule has 0 N–H and O–H groups in total. The normalized spacial score (nSPS) is 9.61. The lowest BCUT2D eigenvalue weighted by Crippen LogP contribution is -1.95. The Bertz CT molecular complexity index is 575. The van der Waals surface area contributed by atoms with Crippen molar-refractivity contribution in [2.45, 2.75) is 6.61 Å². The molecule has 0 aromatic heterocycles. The second-order valence-corrected chi connectivity index (χ2v) is 3.98. The van der Waals surface area contributed by atoms with Gasteiger partial charge < -0.3 is 4.74 Å². The van der Waals surface area contributed by atoms with E-state index in [4.69, 9.17) is 16.3 Å². The van der Waals surface area contributed by atoms with Gasteiger partial charge in [0.2, 0.25) is 6.08 Å². The van der Waals surface area contributed by atoms with E-state index in [0.717, 1.165) is 5.56 Å².